The van der Waals surface area contributed by atoms with E-state index in [0.29, 0.717) is 17.0 Å². The number of nitrogens with one attached hydrogen (secondary N) is 1. The first kappa shape index (κ1) is 17.5. The van der Waals surface area contributed by atoms with Crippen LogP contribution in [0.3, 0.4) is 0 Å². The number of benzene rings is 1. The lowest BCUT2D eigenvalue weighted by Crippen LogP contribution is -2.16. The van der Waals surface area contributed by atoms with E-state index >= 15 is 0 Å². The van der Waals surface area contributed by atoms with E-state index in [1.165, 1.54) is 5.56 Å². The zero-order valence-corrected chi connectivity index (χ0v) is 16.0. The fourth-order valence-corrected chi connectivity index (χ4v) is 2.77. The fourth-order valence-electron chi connectivity index (χ4n) is 2.46. The standard InChI is InChI=1S/C19H20BrN3O2/c1-19(2,3)14-6-4-13(5-7-14)12-23-17(10-11-21-23)22-18(24)15-8-9-16(20)25-15/h4-11H,12H2,1-3H3,(H,22,24). The highest BCUT2D eigenvalue weighted by Crippen LogP contribution is 2.23. The quantitative estimate of drug-likeness (QED) is 0.680. The van der Waals surface area contributed by atoms with Crippen molar-refractivity contribution >= 4 is 27.7 Å². The van der Waals surface area contributed by atoms with Crippen molar-refractivity contribution in [1.82, 2.24) is 9.78 Å². The molecule has 5 nitrogen and oxygen atoms in total. The Morgan fingerprint density at radius 1 is 1.16 bits per heavy atom. The van der Waals surface area contributed by atoms with Crippen molar-refractivity contribution in [1.29, 1.82) is 0 Å². The highest BCUT2D eigenvalue weighted by molar-refractivity contribution is 9.10. The third-order valence-corrected chi connectivity index (χ3v) is 4.33. The number of aromatic nitrogens is 2. The van der Waals surface area contributed by atoms with Crippen LogP contribution in [0, 0.1) is 0 Å². The van der Waals surface area contributed by atoms with Crippen LogP contribution in [0.1, 0.15) is 42.5 Å². The lowest BCUT2D eigenvalue weighted by atomic mass is 9.87. The van der Waals surface area contributed by atoms with Gasteiger partial charge in [-0.15, -0.1) is 0 Å². The van der Waals surface area contributed by atoms with Gasteiger partial charge in [-0.25, -0.2) is 4.68 Å². The SMILES string of the molecule is CC(C)(C)c1ccc(Cn2nccc2NC(=O)c2ccc(Br)o2)cc1. The Labute approximate surface area is 155 Å². The Morgan fingerprint density at radius 3 is 2.48 bits per heavy atom. The second-order valence-electron chi connectivity index (χ2n) is 6.88. The minimum atomic E-state index is -0.310. The normalized spacial score (nSPS) is 11.5. The highest BCUT2D eigenvalue weighted by Gasteiger charge is 2.15. The van der Waals surface area contributed by atoms with E-state index in [-0.39, 0.29) is 17.1 Å². The molecule has 1 aromatic carbocycles. The third-order valence-electron chi connectivity index (χ3n) is 3.91. The number of rotatable bonds is 4. The van der Waals surface area contributed by atoms with Gasteiger partial charge in [0.15, 0.2) is 10.4 Å². The monoisotopic (exact) mass is 401 g/mol. The second kappa shape index (κ2) is 6.88. The van der Waals surface area contributed by atoms with Gasteiger partial charge in [-0.1, -0.05) is 45.0 Å². The van der Waals surface area contributed by atoms with Gasteiger partial charge in [-0.05, 0) is 44.6 Å². The molecule has 6 heteroatoms. The second-order valence-corrected chi connectivity index (χ2v) is 7.66. The first-order chi connectivity index (χ1) is 11.8. The maximum Gasteiger partial charge on any atom is 0.292 e. The molecule has 25 heavy (non-hydrogen) atoms. The molecule has 0 saturated heterocycles. The molecule has 3 aromatic rings. The number of anilines is 1. The van der Waals surface area contributed by atoms with E-state index in [2.05, 4.69) is 71.4 Å². The summed E-state index contributed by atoms with van der Waals surface area (Å²) in [5.74, 6) is 0.558. The summed E-state index contributed by atoms with van der Waals surface area (Å²) in [6.45, 7) is 7.15. The molecule has 0 saturated carbocycles. The molecule has 3 rings (SSSR count). The summed E-state index contributed by atoms with van der Waals surface area (Å²) >= 11 is 3.19. The van der Waals surface area contributed by atoms with Gasteiger partial charge < -0.3 is 9.73 Å². The Balaban J connectivity index is 1.72. The largest absolute Gasteiger partial charge is 0.444 e. The Kier molecular flexibility index (Phi) is 4.81. The molecule has 1 N–H and O–H groups in total. The smallest absolute Gasteiger partial charge is 0.292 e. The summed E-state index contributed by atoms with van der Waals surface area (Å²) in [7, 11) is 0. The minimum Gasteiger partial charge on any atom is -0.444 e. The van der Waals surface area contributed by atoms with Gasteiger partial charge in [-0.2, -0.15) is 5.10 Å². The zero-order chi connectivity index (χ0) is 18.0. The molecule has 2 heterocycles. The molecule has 0 radical (unpaired) electrons. The molecule has 0 aliphatic heterocycles. The fraction of sp³-hybridized carbons (Fsp3) is 0.263. The molecule has 0 fully saturated rings. The number of hydrogen-bond acceptors (Lipinski definition) is 3. The maximum absolute atomic E-state index is 12.2. The molecule has 0 atom stereocenters. The van der Waals surface area contributed by atoms with Crippen LogP contribution in [-0.4, -0.2) is 15.7 Å². The minimum absolute atomic E-state index is 0.126. The lowest BCUT2D eigenvalue weighted by Gasteiger charge is -2.19. The number of carbonyl (C=O) groups excluding carboxylic acids is 1. The molecule has 1 amide bonds. The summed E-state index contributed by atoms with van der Waals surface area (Å²) in [4.78, 5) is 12.2. The van der Waals surface area contributed by atoms with Crippen molar-refractivity contribution in [3.05, 3.63) is 70.2 Å². The third kappa shape index (κ3) is 4.20. The summed E-state index contributed by atoms with van der Waals surface area (Å²) < 4.78 is 7.54. The summed E-state index contributed by atoms with van der Waals surface area (Å²) in [5, 5.41) is 7.12. The van der Waals surface area contributed by atoms with Gasteiger partial charge in [0, 0.05) is 6.07 Å². The number of amides is 1. The topological polar surface area (TPSA) is 60.1 Å². The molecular formula is C19H20BrN3O2. The van der Waals surface area contributed by atoms with E-state index in [1.807, 2.05) is 0 Å². The molecule has 0 aliphatic rings. The lowest BCUT2D eigenvalue weighted by molar-refractivity contribution is 0.0994. The van der Waals surface area contributed by atoms with Gasteiger partial charge in [0.1, 0.15) is 5.82 Å². The average Bonchev–Trinajstić information content (AvgIpc) is 3.16. The van der Waals surface area contributed by atoms with Gasteiger partial charge in [-0.3, -0.25) is 4.79 Å². The predicted octanol–water partition coefficient (Wildman–Crippen LogP) is 4.84. The van der Waals surface area contributed by atoms with Crippen LogP contribution in [0.5, 0.6) is 0 Å². The van der Waals surface area contributed by atoms with E-state index in [0.717, 1.165) is 5.56 Å². The van der Waals surface area contributed by atoms with Crippen molar-refractivity contribution in [2.75, 3.05) is 5.32 Å². The van der Waals surface area contributed by atoms with Crippen molar-refractivity contribution in [3.8, 4) is 0 Å². The van der Waals surface area contributed by atoms with Gasteiger partial charge in [0.05, 0.1) is 12.7 Å². The molecule has 0 aliphatic carbocycles. The number of halogens is 1. The number of nitrogens with zero attached hydrogens (tertiary/aromatic N) is 2. The van der Waals surface area contributed by atoms with Crippen LogP contribution >= 0.6 is 15.9 Å². The molecule has 130 valence electrons. The summed E-state index contributed by atoms with van der Waals surface area (Å²) in [5.41, 5.74) is 2.53. The van der Waals surface area contributed by atoms with Crippen LogP contribution < -0.4 is 5.32 Å². The Hall–Kier alpha value is -2.34. The van der Waals surface area contributed by atoms with Crippen molar-refractivity contribution in [3.63, 3.8) is 0 Å². The molecule has 0 unspecified atom stereocenters. The Morgan fingerprint density at radius 2 is 1.88 bits per heavy atom. The highest BCUT2D eigenvalue weighted by atomic mass is 79.9. The van der Waals surface area contributed by atoms with E-state index in [1.54, 1.807) is 29.1 Å². The molecule has 0 bridgehead atoms. The summed E-state index contributed by atoms with van der Waals surface area (Å²) in [6.07, 6.45) is 1.66. The first-order valence-electron chi connectivity index (χ1n) is 8.01. The van der Waals surface area contributed by atoms with Crippen molar-refractivity contribution in [2.24, 2.45) is 0 Å². The molecule has 0 spiro atoms. The van der Waals surface area contributed by atoms with E-state index in [9.17, 15) is 4.79 Å². The van der Waals surface area contributed by atoms with Gasteiger partial charge in [0.25, 0.3) is 5.91 Å². The van der Waals surface area contributed by atoms with Crippen LogP contribution in [-0.2, 0) is 12.0 Å². The Bertz CT molecular complexity index is 873. The van der Waals surface area contributed by atoms with Crippen molar-refractivity contribution < 1.29 is 9.21 Å². The first-order valence-corrected chi connectivity index (χ1v) is 8.80. The van der Waals surface area contributed by atoms with E-state index < -0.39 is 0 Å². The predicted molar refractivity (Wildman–Crippen MR) is 101 cm³/mol. The maximum atomic E-state index is 12.2. The number of furan rings is 1. The van der Waals surface area contributed by atoms with Gasteiger partial charge in [0.2, 0.25) is 0 Å². The molecule has 2 aromatic heterocycles. The summed E-state index contributed by atoms with van der Waals surface area (Å²) in [6, 6.07) is 13.5. The number of hydrogen-bond donors (Lipinski definition) is 1. The number of carbonyl (C=O) groups is 1. The van der Waals surface area contributed by atoms with Crippen molar-refractivity contribution in [2.45, 2.75) is 32.7 Å². The molecular weight excluding hydrogens is 382 g/mol. The van der Waals surface area contributed by atoms with Crippen LogP contribution in [0.4, 0.5) is 5.82 Å². The van der Waals surface area contributed by atoms with E-state index in [4.69, 9.17) is 4.42 Å². The van der Waals surface area contributed by atoms with Crippen LogP contribution in [0.15, 0.2) is 57.7 Å². The van der Waals surface area contributed by atoms with Crippen LogP contribution in [0.2, 0.25) is 0 Å². The van der Waals surface area contributed by atoms with Gasteiger partial charge >= 0.3 is 0 Å². The zero-order valence-electron chi connectivity index (χ0n) is 14.4. The average molecular weight is 402 g/mol. The van der Waals surface area contributed by atoms with Crippen LogP contribution in [0.25, 0.3) is 0 Å².